The highest BCUT2D eigenvalue weighted by Crippen LogP contribution is 2.16. The zero-order valence-corrected chi connectivity index (χ0v) is 8.34. The topological polar surface area (TPSA) is 21.3 Å². The first-order valence-electron chi connectivity index (χ1n) is 4.71. The molecular formula is C11H19NO. The van der Waals surface area contributed by atoms with Crippen molar-refractivity contribution in [1.82, 2.24) is 5.32 Å². The summed E-state index contributed by atoms with van der Waals surface area (Å²) in [5.74, 6) is 0.986. The number of hydrogen-bond acceptors (Lipinski definition) is 2. The summed E-state index contributed by atoms with van der Waals surface area (Å²) < 4.78 is 5.25. The van der Waals surface area contributed by atoms with Crippen molar-refractivity contribution in [2.75, 3.05) is 20.2 Å². The van der Waals surface area contributed by atoms with Crippen LogP contribution in [0.1, 0.15) is 13.9 Å². The van der Waals surface area contributed by atoms with Crippen molar-refractivity contribution in [3.05, 3.63) is 29.8 Å². The van der Waals surface area contributed by atoms with Crippen LogP contribution < -0.4 is 10.1 Å². The van der Waals surface area contributed by atoms with Gasteiger partial charge in [-0.1, -0.05) is 25.1 Å². The van der Waals surface area contributed by atoms with Crippen molar-refractivity contribution in [3.8, 4) is 5.75 Å². The predicted molar refractivity (Wildman–Crippen MR) is 57.4 cm³/mol. The van der Waals surface area contributed by atoms with E-state index >= 15 is 0 Å². The standard InChI is InChI=1S/C11H17NO.H2/c1-3-12-9-8-10-6-4-5-7-11(10)13-2;/h4-7,12H,3,8-9H2,1-2H3;1H. The van der Waals surface area contributed by atoms with Crippen LogP contribution in [0.15, 0.2) is 24.3 Å². The summed E-state index contributed by atoms with van der Waals surface area (Å²) in [4.78, 5) is 0. The van der Waals surface area contributed by atoms with Gasteiger partial charge < -0.3 is 10.1 Å². The van der Waals surface area contributed by atoms with Gasteiger partial charge in [0.05, 0.1) is 7.11 Å². The molecule has 0 aromatic heterocycles. The monoisotopic (exact) mass is 181 g/mol. The highest BCUT2D eigenvalue weighted by molar-refractivity contribution is 5.33. The largest absolute Gasteiger partial charge is 0.496 e. The lowest BCUT2D eigenvalue weighted by atomic mass is 10.1. The summed E-state index contributed by atoms with van der Waals surface area (Å²) in [6.45, 7) is 4.15. The third kappa shape index (κ3) is 3.07. The summed E-state index contributed by atoms with van der Waals surface area (Å²) in [6, 6.07) is 8.15. The Morgan fingerprint density at radius 2 is 2.15 bits per heavy atom. The smallest absolute Gasteiger partial charge is 0.122 e. The average Bonchev–Trinajstić information content (AvgIpc) is 2.19. The maximum absolute atomic E-state index is 5.25. The molecule has 0 saturated carbocycles. The molecule has 0 aliphatic heterocycles. The average molecular weight is 181 g/mol. The minimum absolute atomic E-state index is 0. The van der Waals surface area contributed by atoms with E-state index in [1.54, 1.807) is 7.11 Å². The molecule has 13 heavy (non-hydrogen) atoms. The minimum atomic E-state index is 0. The number of para-hydroxylation sites is 1. The van der Waals surface area contributed by atoms with Crippen LogP contribution in [-0.4, -0.2) is 20.2 Å². The van der Waals surface area contributed by atoms with Gasteiger partial charge in [-0.05, 0) is 31.1 Å². The summed E-state index contributed by atoms with van der Waals surface area (Å²) in [7, 11) is 1.71. The minimum Gasteiger partial charge on any atom is -0.496 e. The fraction of sp³-hybridized carbons (Fsp3) is 0.455. The first kappa shape index (κ1) is 10.1. The van der Waals surface area contributed by atoms with Gasteiger partial charge in [-0.15, -0.1) is 0 Å². The van der Waals surface area contributed by atoms with Gasteiger partial charge in [0.15, 0.2) is 0 Å². The van der Waals surface area contributed by atoms with Gasteiger partial charge in [0.25, 0.3) is 0 Å². The molecule has 0 spiro atoms. The predicted octanol–water partition coefficient (Wildman–Crippen LogP) is 2.09. The van der Waals surface area contributed by atoms with Gasteiger partial charge in [-0.25, -0.2) is 0 Å². The van der Waals surface area contributed by atoms with E-state index in [0.717, 1.165) is 25.3 Å². The van der Waals surface area contributed by atoms with Gasteiger partial charge in [0.1, 0.15) is 5.75 Å². The zero-order chi connectivity index (χ0) is 9.52. The molecule has 0 aliphatic carbocycles. The molecule has 1 aromatic rings. The van der Waals surface area contributed by atoms with Crippen LogP contribution in [0.5, 0.6) is 5.75 Å². The van der Waals surface area contributed by atoms with Gasteiger partial charge in [-0.3, -0.25) is 0 Å². The van der Waals surface area contributed by atoms with E-state index in [4.69, 9.17) is 4.74 Å². The number of nitrogens with one attached hydrogen (secondary N) is 1. The second-order valence-electron chi connectivity index (χ2n) is 2.92. The Bertz CT molecular complexity index is 253. The maximum Gasteiger partial charge on any atom is 0.122 e. The lowest BCUT2D eigenvalue weighted by Gasteiger charge is -2.07. The van der Waals surface area contributed by atoms with E-state index in [1.165, 1.54) is 5.56 Å². The molecule has 0 amide bonds. The van der Waals surface area contributed by atoms with Crippen molar-refractivity contribution in [2.45, 2.75) is 13.3 Å². The maximum atomic E-state index is 5.25. The van der Waals surface area contributed by atoms with Crippen LogP contribution in [0.2, 0.25) is 0 Å². The summed E-state index contributed by atoms with van der Waals surface area (Å²) in [6.07, 6.45) is 1.03. The molecule has 2 heteroatoms. The van der Waals surface area contributed by atoms with E-state index in [1.807, 2.05) is 18.2 Å². The molecule has 0 unspecified atom stereocenters. The number of benzene rings is 1. The summed E-state index contributed by atoms with van der Waals surface area (Å²) in [5, 5.41) is 3.29. The zero-order valence-electron chi connectivity index (χ0n) is 8.34. The van der Waals surface area contributed by atoms with Crippen molar-refractivity contribution < 1.29 is 6.16 Å². The SMILES string of the molecule is CCNCCc1ccccc1OC.[HH]. The Morgan fingerprint density at radius 3 is 2.85 bits per heavy atom. The Balaban J connectivity index is 0.00000169. The van der Waals surface area contributed by atoms with Crippen LogP contribution in [0.4, 0.5) is 0 Å². The Morgan fingerprint density at radius 1 is 1.38 bits per heavy atom. The molecule has 0 bridgehead atoms. The number of hydrogen-bond donors (Lipinski definition) is 1. The Labute approximate surface area is 81.4 Å². The number of rotatable bonds is 5. The third-order valence-electron chi connectivity index (χ3n) is 2.01. The van der Waals surface area contributed by atoms with E-state index in [2.05, 4.69) is 18.3 Å². The van der Waals surface area contributed by atoms with E-state index in [-0.39, 0.29) is 1.43 Å². The van der Waals surface area contributed by atoms with Crippen molar-refractivity contribution in [1.29, 1.82) is 0 Å². The van der Waals surface area contributed by atoms with Crippen LogP contribution in [0.25, 0.3) is 0 Å². The molecule has 1 N–H and O–H groups in total. The Hall–Kier alpha value is -1.02. The van der Waals surface area contributed by atoms with Crippen molar-refractivity contribution in [2.24, 2.45) is 0 Å². The lowest BCUT2D eigenvalue weighted by molar-refractivity contribution is 0.409. The first-order chi connectivity index (χ1) is 6.38. The number of methoxy groups -OCH3 is 1. The quantitative estimate of drug-likeness (QED) is 0.702. The van der Waals surface area contributed by atoms with E-state index < -0.39 is 0 Å². The molecule has 0 radical (unpaired) electrons. The van der Waals surface area contributed by atoms with E-state index in [0.29, 0.717) is 0 Å². The summed E-state index contributed by atoms with van der Waals surface area (Å²) in [5.41, 5.74) is 1.27. The molecule has 1 aromatic carbocycles. The van der Waals surface area contributed by atoms with Crippen LogP contribution in [0.3, 0.4) is 0 Å². The second-order valence-corrected chi connectivity index (χ2v) is 2.92. The molecule has 1 rings (SSSR count). The molecule has 0 aliphatic rings. The van der Waals surface area contributed by atoms with Gasteiger partial charge in [0.2, 0.25) is 0 Å². The van der Waals surface area contributed by atoms with Gasteiger partial charge >= 0.3 is 0 Å². The van der Waals surface area contributed by atoms with Crippen molar-refractivity contribution >= 4 is 0 Å². The highest BCUT2D eigenvalue weighted by atomic mass is 16.5. The lowest BCUT2D eigenvalue weighted by Crippen LogP contribution is -2.16. The Kier molecular flexibility index (Phi) is 4.33. The number of likely N-dealkylation sites (N-methyl/N-ethyl adjacent to an activating group) is 1. The normalized spacial score (nSPS) is 10.0. The molecule has 2 nitrogen and oxygen atoms in total. The molecule has 74 valence electrons. The van der Waals surface area contributed by atoms with Gasteiger partial charge in [-0.2, -0.15) is 0 Å². The summed E-state index contributed by atoms with van der Waals surface area (Å²) >= 11 is 0. The van der Waals surface area contributed by atoms with Crippen LogP contribution >= 0.6 is 0 Å². The van der Waals surface area contributed by atoms with Crippen LogP contribution in [-0.2, 0) is 6.42 Å². The molecule has 0 heterocycles. The van der Waals surface area contributed by atoms with Gasteiger partial charge in [0, 0.05) is 1.43 Å². The molecule has 0 atom stereocenters. The van der Waals surface area contributed by atoms with Crippen molar-refractivity contribution in [3.63, 3.8) is 0 Å². The third-order valence-corrected chi connectivity index (χ3v) is 2.01. The molecule has 0 fully saturated rings. The molecular weight excluding hydrogens is 162 g/mol. The molecule has 0 saturated heterocycles. The fourth-order valence-corrected chi connectivity index (χ4v) is 1.31. The first-order valence-corrected chi connectivity index (χ1v) is 4.71. The highest BCUT2D eigenvalue weighted by Gasteiger charge is 1.99. The van der Waals surface area contributed by atoms with E-state index in [9.17, 15) is 0 Å². The number of ether oxygens (including phenoxy) is 1. The second kappa shape index (κ2) is 5.60. The van der Waals surface area contributed by atoms with Crippen LogP contribution in [0, 0.1) is 0 Å². The fourth-order valence-electron chi connectivity index (χ4n) is 1.31.